The van der Waals surface area contributed by atoms with Gasteiger partial charge in [0.2, 0.25) is 0 Å². The van der Waals surface area contributed by atoms with Crippen LogP contribution in [0.2, 0.25) is 0 Å². The van der Waals surface area contributed by atoms with Crippen LogP contribution in [0.1, 0.15) is 41.3 Å². The minimum absolute atomic E-state index is 0.267. The van der Waals surface area contributed by atoms with Crippen molar-refractivity contribution in [1.82, 2.24) is 0 Å². The molecule has 0 fully saturated rings. The first-order chi connectivity index (χ1) is 11.9. The summed E-state index contributed by atoms with van der Waals surface area (Å²) in [5.41, 5.74) is 3.20. The number of fused-ring (bicyclic) bond motifs is 1. The van der Waals surface area contributed by atoms with E-state index in [1.165, 1.54) is 12.1 Å². The van der Waals surface area contributed by atoms with Gasteiger partial charge in [-0.2, -0.15) is 0 Å². The van der Waals surface area contributed by atoms with Crippen LogP contribution in [0.3, 0.4) is 0 Å². The number of amides is 1. The summed E-state index contributed by atoms with van der Waals surface area (Å²) in [5, 5.41) is 0. The number of nitrogens with zero attached hydrogens (tertiary/aromatic N) is 1. The SMILES string of the molecule is CC(C)c1ccc2c(c1)C(=O)C(=O)N2C[NH+](C)Cc1ccc(F)cc1. The van der Waals surface area contributed by atoms with Crippen molar-refractivity contribution in [2.45, 2.75) is 26.3 Å². The molecule has 0 aliphatic carbocycles. The molecule has 1 unspecified atom stereocenters. The zero-order valence-corrected chi connectivity index (χ0v) is 14.7. The van der Waals surface area contributed by atoms with Gasteiger partial charge in [0.15, 0.2) is 6.67 Å². The molecule has 3 rings (SSSR count). The summed E-state index contributed by atoms with van der Waals surface area (Å²) < 4.78 is 13.0. The average Bonchev–Trinajstić information content (AvgIpc) is 2.81. The van der Waals surface area contributed by atoms with Crippen LogP contribution in [0.4, 0.5) is 10.1 Å². The van der Waals surface area contributed by atoms with Crippen LogP contribution >= 0.6 is 0 Å². The lowest BCUT2D eigenvalue weighted by Crippen LogP contribution is -3.09. The molecular formula is C20H22FN2O2+. The van der Waals surface area contributed by atoms with E-state index in [0.717, 1.165) is 16.0 Å². The third kappa shape index (κ3) is 3.46. The summed E-state index contributed by atoms with van der Waals surface area (Å²) >= 11 is 0. The predicted octanol–water partition coefficient (Wildman–Crippen LogP) is 2.15. The van der Waals surface area contributed by atoms with E-state index in [-0.39, 0.29) is 5.82 Å². The number of benzene rings is 2. The Bertz CT molecular complexity index is 815. The molecule has 1 N–H and O–H groups in total. The predicted molar refractivity (Wildman–Crippen MR) is 94.2 cm³/mol. The average molecular weight is 341 g/mol. The molecule has 0 saturated carbocycles. The Hall–Kier alpha value is -2.53. The molecular weight excluding hydrogens is 319 g/mol. The summed E-state index contributed by atoms with van der Waals surface area (Å²) in [4.78, 5) is 27.3. The van der Waals surface area contributed by atoms with E-state index in [1.807, 2.05) is 25.2 Å². The highest BCUT2D eigenvalue weighted by molar-refractivity contribution is 6.52. The lowest BCUT2D eigenvalue weighted by Gasteiger charge is -2.22. The molecule has 0 aromatic heterocycles. The molecule has 0 bridgehead atoms. The summed E-state index contributed by atoms with van der Waals surface area (Å²) in [6.45, 7) is 5.14. The zero-order valence-electron chi connectivity index (χ0n) is 14.7. The largest absolute Gasteiger partial charge is 0.316 e. The molecule has 1 atom stereocenters. The van der Waals surface area contributed by atoms with Gasteiger partial charge < -0.3 is 4.90 Å². The number of hydrogen-bond donors (Lipinski definition) is 1. The Morgan fingerprint density at radius 2 is 1.76 bits per heavy atom. The Morgan fingerprint density at radius 1 is 1.08 bits per heavy atom. The Balaban J connectivity index is 1.78. The third-order valence-corrected chi connectivity index (χ3v) is 4.51. The number of carbonyl (C=O) groups is 2. The number of Topliss-reactive ketones (excluding diaryl/α,β-unsaturated/α-hetero) is 1. The fourth-order valence-corrected chi connectivity index (χ4v) is 3.11. The van der Waals surface area contributed by atoms with E-state index in [4.69, 9.17) is 0 Å². The topological polar surface area (TPSA) is 41.8 Å². The number of hydrogen-bond acceptors (Lipinski definition) is 2. The number of halogens is 1. The number of nitrogens with one attached hydrogen (secondary N) is 1. The van der Waals surface area contributed by atoms with E-state index >= 15 is 0 Å². The number of anilines is 1. The van der Waals surface area contributed by atoms with Crippen molar-refractivity contribution >= 4 is 17.4 Å². The summed E-state index contributed by atoms with van der Waals surface area (Å²) in [6.07, 6.45) is 0. The number of quaternary nitrogens is 1. The van der Waals surface area contributed by atoms with Crippen molar-refractivity contribution in [3.63, 3.8) is 0 Å². The molecule has 2 aromatic carbocycles. The molecule has 0 saturated heterocycles. The summed E-state index contributed by atoms with van der Waals surface area (Å²) in [5.74, 6) is -0.882. The second-order valence-electron chi connectivity index (χ2n) is 6.91. The van der Waals surface area contributed by atoms with Crippen LogP contribution in [0.5, 0.6) is 0 Å². The van der Waals surface area contributed by atoms with Gasteiger partial charge in [0.25, 0.3) is 5.78 Å². The van der Waals surface area contributed by atoms with Crippen LogP contribution < -0.4 is 9.80 Å². The van der Waals surface area contributed by atoms with Gasteiger partial charge in [-0.15, -0.1) is 0 Å². The van der Waals surface area contributed by atoms with Gasteiger partial charge in [-0.1, -0.05) is 32.0 Å². The van der Waals surface area contributed by atoms with Gasteiger partial charge in [0, 0.05) is 5.56 Å². The van der Waals surface area contributed by atoms with Crippen LogP contribution in [-0.4, -0.2) is 25.4 Å². The number of ketones is 1. The minimum atomic E-state index is -0.477. The maximum atomic E-state index is 13.0. The first-order valence-corrected chi connectivity index (χ1v) is 8.42. The van der Waals surface area contributed by atoms with E-state index in [2.05, 4.69) is 13.8 Å². The maximum absolute atomic E-state index is 13.0. The second kappa shape index (κ2) is 6.76. The monoisotopic (exact) mass is 341 g/mol. The standard InChI is InChI=1S/C20H21FN2O2/c1-13(2)15-6-9-18-17(10-15)19(24)20(25)23(18)12-22(3)11-14-4-7-16(21)8-5-14/h4-10,13H,11-12H2,1-3H3/p+1. The fraction of sp³-hybridized carbons (Fsp3) is 0.300. The van der Waals surface area contributed by atoms with Crippen molar-refractivity contribution in [1.29, 1.82) is 0 Å². The fourth-order valence-electron chi connectivity index (χ4n) is 3.11. The van der Waals surface area contributed by atoms with E-state index in [0.29, 0.717) is 30.4 Å². The van der Waals surface area contributed by atoms with Crippen LogP contribution in [-0.2, 0) is 11.3 Å². The lowest BCUT2D eigenvalue weighted by atomic mass is 9.99. The molecule has 1 heterocycles. The van der Waals surface area contributed by atoms with Crippen molar-refractivity contribution in [2.75, 3.05) is 18.6 Å². The maximum Gasteiger partial charge on any atom is 0.303 e. The van der Waals surface area contributed by atoms with Crippen molar-refractivity contribution in [2.24, 2.45) is 0 Å². The molecule has 1 aliphatic rings. The van der Waals surface area contributed by atoms with Crippen molar-refractivity contribution in [3.05, 3.63) is 65.0 Å². The molecule has 4 nitrogen and oxygen atoms in total. The van der Waals surface area contributed by atoms with Crippen LogP contribution in [0.25, 0.3) is 0 Å². The smallest absolute Gasteiger partial charge is 0.303 e. The lowest BCUT2D eigenvalue weighted by molar-refractivity contribution is -0.892. The molecule has 1 aliphatic heterocycles. The van der Waals surface area contributed by atoms with Gasteiger partial charge in [-0.05, 0) is 35.7 Å². The quantitative estimate of drug-likeness (QED) is 0.847. The molecule has 5 heteroatoms. The Labute approximate surface area is 146 Å². The molecule has 1 amide bonds. The highest BCUT2D eigenvalue weighted by Crippen LogP contribution is 2.31. The zero-order chi connectivity index (χ0) is 18.1. The van der Waals surface area contributed by atoms with Crippen LogP contribution in [0.15, 0.2) is 42.5 Å². The van der Waals surface area contributed by atoms with Crippen molar-refractivity contribution < 1.29 is 18.9 Å². The molecule has 25 heavy (non-hydrogen) atoms. The van der Waals surface area contributed by atoms with Gasteiger partial charge in [0.1, 0.15) is 12.4 Å². The second-order valence-corrected chi connectivity index (χ2v) is 6.91. The Morgan fingerprint density at radius 3 is 2.40 bits per heavy atom. The normalized spacial score (nSPS) is 15.0. The summed E-state index contributed by atoms with van der Waals surface area (Å²) in [6, 6.07) is 12.0. The first kappa shape index (κ1) is 17.3. The molecule has 0 spiro atoms. The van der Waals surface area contributed by atoms with Gasteiger partial charge in [-0.25, -0.2) is 4.39 Å². The van der Waals surface area contributed by atoms with Gasteiger partial charge in [0.05, 0.1) is 18.3 Å². The van der Waals surface area contributed by atoms with Crippen LogP contribution in [0, 0.1) is 5.82 Å². The van der Waals surface area contributed by atoms with E-state index < -0.39 is 11.7 Å². The highest BCUT2D eigenvalue weighted by Gasteiger charge is 2.37. The summed E-state index contributed by atoms with van der Waals surface area (Å²) in [7, 11) is 1.95. The third-order valence-electron chi connectivity index (χ3n) is 4.51. The Kier molecular flexibility index (Phi) is 4.68. The minimum Gasteiger partial charge on any atom is -0.316 e. The molecule has 2 aromatic rings. The highest BCUT2D eigenvalue weighted by atomic mass is 19.1. The van der Waals surface area contributed by atoms with E-state index in [1.54, 1.807) is 17.0 Å². The molecule has 130 valence electrons. The number of carbonyl (C=O) groups excluding carboxylic acids is 2. The van der Waals surface area contributed by atoms with Gasteiger partial charge in [-0.3, -0.25) is 14.5 Å². The van der Waals surface area contributed by atoms with Crippen molar-refractivity contribution in [3.8, 4) is 0 Å². The molecule has 0 radical (unpaired) electrons. The van der Waals surface area contributed by atoms with E-state index in [9.17, 15) is 14.0 Å². The van der Waals surface area contributed by atoms with Gasteiger partial charge >= 0.3 is 5.91 Å². The number of rotatable bonds is 5. The first-order valence-electron chi connectivity index (χ1n) is 8.42.